The molecule has 0 radical (unpaired) electrons. The molecule has 0 heterocycles. The maximum absolute atomic E-state index is 11.6. The molecule has 4 rings (SSSR count). The molecule has 0 aromatic heterocycles. The molecule has 5 nitrogen and oxygen atoms in total. The maximum Gasteiger partial charge on any atom is 0.330 e. The molecule has 6 heteroatoms. The Morgan fingerprint density at radius 3 is 2.25 bits per heavy atom. The lowest BCUT2D eigenvalue weighted by atomic mass is 9.52. The third-order valence-electron chi connectivity index (χ3n) is 4.77. The summed E-state index contributed by atoms with van der Waals surface area (Å²) in [6.07, 6.45) is 6.97. The molecule has 2 unspecified atom stereocenters. The van der Waals surface area contributed by atoms with Crippen molar-refractivity contribution in [3.63, 3.8) is 0 Å². The third-order valence-corrected chi connectivity index (χ3v) is 5.42. The summed E-state index contributed by atoms with van der Waals surface area (Å²) in [5.74, 6) is 0.340. The second-order valence-electron chi connectivity index (χ2n) is 6.74. The number of rotatable bonds is 4. The summed E-state index contributed by atoms with van der Waals surface area (Å²) in [7, 11) is -3.51. The van der Waals surface area contributed by atoms with E-state index in [-0.39, 0.29) is 0 Å². The molecule has 2 atom stereocenters. The van der Waals surface area contributed by atoms with E-state index in [2.05, 4.69) is 6.58 Å². The van der Waals surface area contributed by atoms with Crippen molar-refractivity contribution in [2.45, 2.75) is 49.7 Å². The van der Waals surface area contributed by atoms with Crippen LogP contribution >= 0.6 is 0 Å². The van der Waals surface area contributed by atoms with Crippen LogP contribution in [0.4, 0.5) is 0 Å². The monoisotopic (exact) mass is 300 g/mol. The Kier molecular flexibility index (Phi) is 3.03. The molecule has 4 bridgehead atoms. The lowest BCUT2D eigenvalue weighted by Gasteiger charge is -2.59. The van der Waals surface area contributed by atoms with Gasteiger partial charge in [0.05, 0.1) is 11.9 Å². The van der Waals surface area contributed by atoms with E-state index < -0.39 is 27.3 Å². The van der Waals surface area contributed by atoms with Crippen LogP contribution in [0.1, 0.15) is 38.5 Å². The first-order valence-corrected chi connectivity index (χ1v) is 8.81. The average Bonchev–Trinajstić information content (AvgIpc) is 2.22. The topological polar surface area (TPSA) is 69.7 Å². The molecule has 0 aromatic carbocycles. The van der Waals surface area contributed by atoms with Gasteiger partial charge in [0.15, 0.2) is 0 Å². The predicted molar refractivity (Wildman–Crippen MR) is 72.4 cm³/mol. The molecule has 0 aliphatic heterocycles. The largest absolute Gasteiger partial charge is 0.456 e. The van der Waals surface area contributed by atoms with Crippen molar-refractivity contribution >= 4 is 16.1 Å². The summed E-state index contributed by atoms with van der Waals surface area (Å²) in [6, 6.07) is 0. The highest BCUT2D eigenvalue weighted by atomic mass is 32.2. The number of hydrogen-bond acceptors (Lipinski definition) is 5. The van der Waals surface area contributed by atoms with E-state index in [1.54, 1.807) is 0 Å². The van der Waals surface area contributed by atoms with Gasteiger partial charge in [0.25, 0.3) is 10.1 Å². The van der Waals surface area contributed by atoms with E-state index >= 15 is 0 Å². The van der Waals surface area contributed by atoms with Crippen LogP contribution in [0.3, 0.4) is 0 Å². The van der Waals surface area contributed by atoms with Crippen molar-refractivity contribution < 1.29 is 22.1 Å². The van der Waals surface area contributed by atoms with Crippen LogP contribution < -0.4 is 0 Å². The first kappa shape index (κ1) is 14.1. The predicted octanol–water partition coefficient (Wildman–Crippen LogP) is 1.78. The zero-order valence-corrected chi connectivity index (χ0v) is 12.4. The number of carbonyl (C=O) groups excluding carboxylic acids is 1. The first-order valence-electron chi connectivity index (χ1n) is 6.99. The van der Waals surface area contributed by atoms with Crippen LogP contribution in [0, 0.1) is 11.8 Å². The van der Waals surface area contributed by atoms with Gasteiger partial charge in [-0.1, -0.05) is 6.58 Å². The van der Waals surface area contributed by atoms with Gasteiger partial charge in [-0.2, -0.15) is 8.42 Å². The highest BCUT2D eigenvalue weighted by Gasteiger charge is 2.61. The smallest absolute Gasteiger partial charge is 0.330 e. The van der Waals surface area contributed by atoms with E-state index in [0.29, 0.717) is 18.3 Å². The lowest BCUT2D eigenvalue weighted by Crippen LogP contribution is -2.61. The Hall–Kier alpha value is -0.880. The normalized spacial score (nSPS) is 42.5. The molecule has 4 aliphatic rings. The Morgan fingerprint density at radius 1 is 1.20 bits per heavy atom. The quantitative estimate of drug-likeness (QED) is 0.450. The van der Waals surface area contributed by atoms with Crippen molar-refractivity contribution in [2.75, 3.05) is 6.26 Å². The molecule has 20 heavy (non-hydrogen) atoms. The van der Waals surface area contributed by atoms with Crippen molar-refractivity contribution in [3.05, 3.63) is 12.7 Å². The van der Waals surface area contributed by atoms with Gasteiger partial charge in [0.1, 0.15) is 5.60 Å². The zero-order chi connectivity index (χ0) is 14.6. The van der Waals surface area contributed by atoms with Crippen LogP contribution in [-0.2, 0) is 23.8 Å². The van der Waals surface area contributed by atoms with Crippen LogP contribution in [0.5, 0.6) is 0 Å². The molecule has 4 fully saturated rings. The van der Waals surface area contributed by atoms with Crippen LogP contribution in [0.2, 0.25) is 0 Å². The standard InChI is InChI=1S/C14H20O5S/c1-3-12(15)18-13-5-10-4-11(6-13)8-14(7-10,9-13)19-20(2,16)17/h3,10-11H,1,4-9H2,2H3. The van der Waals surface area contributed by atoms with Crippen molar-refractivity contribution in [1.29, 1.82) is 0 Å². The van der Waals surface area contributed by atoms with Crippen LogP contribution in [-0.4, -0.2) is 31.8 Å². The average molecular weight is 300 g/mol. The number of ether oxygens (including phenoxy) is 1. The van der Waals surface area contributed by atoms with Crippen molar-refractivity contribution in [2.24, 2.45) is 11.8 Å². The minimum absolute atomic E-state index is 0.385. The summed E-state index contributed by atoms with van der Waals surface area (Å²) in [5, 5.41) is 0. The molecular formula is C14H20O5S. The van der Waals surface area contributed by atoms with Gasteiger partial charge in [0, 0.05) is 12.5 Å². The van der Waals surface area contributed by atoms with Gasteiger partial charge in [-0.15, -0.1) is 0 Å². The minimum Gasteiger partial charge on any atom is -0.456 e. The third kappa shape index (κ3) is 2.51. The number of esters is 1. The summed E-state index contributed by atoms with van der Waals surface area (Å²) in [4.78, 5) is 11.6. The maximum atomic E-state index is 11.6. The summed E-state index contributed by atoms with van der Waals surface area (Å²) in [6.45, 7) is 3.43. The fourth-order valence-electron chi connectivity index (χ4n) is 4.89. The second-order valence-corrected chi connectivity index (χ2v) is 8.31. The second kappa shape index (κ2) is 4.31. The van der Waals surface area contributed by atoms with E-state index in [1.165, 1.54) is 6.08 Å². The fourth-order valence-corrected chi connectivity index (χ4v) is 5.73. The highest BCUT2D eigenvalue weighted by molar-refractivity contribution is 7.86. The van der Waals surface area contributed by atoms with Crippen molar-refractivity contribution in [1.82, 2.24) is 0 Å². The Morgan fingerprint density at radius 2 is 1.75 bits per heavy atom. The Balaban J connectivity index is 1.89. The van der Waals surface area contributed by atoms with Crippen molar-refractivity contribution in [3.8, 4) is 0 Å². The Labute approximate surface area is 119 Å². The zero-order valence-electron chi connectivity index (χ0n) is 11.6. The molecule has 0 amide bonds. The van der Waals surface area contributed by atoms with Gasteiger partial charge in [-0.25, -0.2) is 4.79 Å². The van der Waals surface area contributed by atoms with Crippen LogP contribution in [0.25, 0.3) is 0 Å². The van der Waals surface area contributed by atoms with Gasteiger partial charge >= 0.3 is 5.97 Å². The molecule has 4 aliphatic carbocycles. The fraction of sp³-hybridized carbons (Fsp3) is 0.786. The lowest BCUT2D eigenvalue weighted by molar-refractivity contribution is -0.208. The van der Waals surface area contributed by atoms with Gasteiger partial charge in [-0.05, 0) is 43.9 Å². The minimum atomic E-state index is -3.51. The molecule has 0 spiro atoms. The summed E-state index contributed by atoms with van der Waals surface area (Å²) >= 11 is 0. The summed E-state index contributed by atoms with van der Waals surface area (Å²) in [5.41, 5.74) is -1.22. The molecule has 4 saturated carbocycles. The van der Waals surface area contributed by atoms with E-state index in [1.807, 2.05) is 0 Å². The SMILES string of the molecule is C=CC(=O)OC12CC3CC(C1)CC(OS(C)(=O)=O)(C3)C2. The number of carbonyl (C=O) groups is 1. The Bertz CT molecular complexity index is 536. The van der Waals surface area contributed by atoms with Crippen LogP contribution in [0.15, 0.2) is 12.7 Å². The van der Waals surface area contributed by atoms with Gasteiger partial charge in [0.2, 0.25) is 0 Å². The first-order chi connectivity index (χ1) is 9.23. The van der Waals surface area contributed by atoms with Gasteiger partial charge in [-0.3, -0.25) is 4.18 Å². The van der Waals surface area contributed by atoms with Gasteiger partial charge < -0.3 is 4.74 Å². The summed E-state index contributed by atoms with van der Waals surface area (Å²) < 4.78 is 34.1. The molecule has 0 aromatic rings. The molecule has 0 N–H and O–H groups in total. The van der Waals surface area contributed by atoms with E-state index in [0.717, 1.165) is 38.4 Å². The van der Waals surface area contributed by atoms with E-state index in [9.17, 15) is 13.2 Å². The molecule has 0 saturated heterocycles. The molecule has 112 valence electrons. The highest BCUT2D eigenvalue weighted by Crippen LogP contribution is 2.60. The number of hydrogen-bond donors (Lipinski definition) is 0. The molecular weight excluding hydrogens is 280 g/mol. The van der Waals surface area contributed by atoms with E-state index in [4.69, 9.17) is 8.92 Å².